The topological polar surface area (TPSA) is 95.9 Å². The Morgan fingerprint density at radius 2 is 2.05 bits per heavy atom. The van der Waals surface area contributed by atoms with Crippen molar-refractivity contribution in [1.82, 2.24) is 10.2 Å². The summed E-state index contributed by atoms with van der Waals surface area (Å²) in [6, 6.07) is -1.35. The van der Waals surface area contributed by atoms with Gasteiger partial charge < -0.3 is 20.1 Å². The summed E-state index contributed by atoms with van der Waals surface area (Å²) in [5.74, 6) is -1.75. The van der Waals surface area contributed by atoms with Crippen LogP contribution in [0.1, 0.15) is 20.3 Å². The highest BCUT2D eigenvalue weighted by molar-refractivity contribution is 5.83. The summed E-state index contributed by atoms with van der Waals surface area (Å²) in [6.07, 6.45) is 0.310. The molecule has 1 heterocycles. The lowest BCUT2D eigenvalue weighted by atomic mass is 9.99. The van der Waals surface area contributed by atoms with Gasteiger partial charge in [0.05, 0.1) is 13.0 Å². The molecule has 0 aromatic rings. The number of hydrogen-bond acceptors (Lipinski definition) is 4. The number of nitrogens with one attached hydrogen (secondary N) is 1. The number of amides is 2. The van der Waals surface area contributed by atoms with Crippen LogP contribution in [0.15, 0.2) is 0 Å². The quantitative estimate of drug-likeness (QED) is 0.718. The fourth-order valence-electron chi connectivity index (χ4n) is 2.17. The molecule has 0 saturated carbocycles. The Balaban J connectivity index is 2.60. The normalized spacial score (nSPS) is 23.8. The average molecular weight is 272 g/mol. The van der Waals surface area contributed by atoms with E-state index in [1.165, 1.54) is 12.0 Å². The molecule has 2 N–H and O–H groups in total. The van der Waals surface area contributed by atoms with Gasteiger partial charge in [-0.2, -0.15) is 0 Å². The largest absolute Gasteiger partial charge is 0.480 e. The number of carboxylic acid groups (broad SMARTS) is 1. The fraction of sp³-hybridized carbons (Fsp3) is 0.750. The van der Waals surface area contributed by atoms with Gasteiger partial charge in [-0.05, 0) is 12.3 Å². The predicted octanol–water partition coefficient (Wildman–Crippen LogP) is 0.300. The summed E-state index contributed by atoms with van der Waals surface area (Å²) in [7, 11) is 1.31. The highest BCUT2D eigenvalue weighted by Crippen LogP contribution is 2.24. The summed E-state index contributed by atoms with van der Waals surface area (Å²) in [4.78, 5) is 35.7. The van der Waals surface area contributed by atoms with Crippen molar-refractivity contribution in [2.75, 3.05) is 20.2 Å². The van der Waals surface area contributed by atoms with E-state index in [0.717, 1.165) is 0 Å². The molecular weight excluding hydrogens is 252 g/mol. The summed E-state index contributed by atoms with van der Waals surface area (Å²) in [5, 5.41) is 11.3. The minimum Gasteiger partial charge on any atom is -0.480 e. The van der Waals surface area contributed by atoms with E-state index in [9.17, 15) is 14.4 Å². The number of rotatable bonds is 4. The van der Waals surface area contributed by atoms with Crippen LogP contribution in [0.25, 0.3) is 0 Å². The molecule has 1 rings (SSSR count). The van der Waals surface area contributed by atoms with E-state index in [0.29, 0.717) is 13.0 Å². The Hall–Kier alpha value is -1.79. The molecule has 7 nitrogen and oxygen atoms in total. The predicted molar refractivity (Wildman–Crippen MR) is 66.5 cm³/mol. The molecule has 1 fully saturated rings. The number of likely N-dealkylation sites (tertiary alicyclic amines) is 1. The maximum atomic E-state index is 11.9. The molecule has 1 saturated heterocycles. The molecular formula is C12H20N2O5. The first kappa shape index (κ1) is 15.3. The zero-order valence-electron chi connectivity index (χ0n) is 11.4. The first-order valence-electron chi connectivity index (χ1n) is 6.26. The van der Waals surface area contributed by atoms with Crippen LogP contribution in [0.5, 0.6) is 0 Å². The molecule has 2 unspecified atom stereocenters. The number of urea groups is 1. The molecule has 0 spiro atoms. The van der Waals surface area contributed by atoms with Crippen LogP contribution in [-0.4, -0.2) is 54.2 Å². The summed E-state index contributed by atoms with van der Waals surface area (Å²) < 4.78 is 4.68. The van der Waals surface area contributed by atoms with Gasteiger partial charge in [0.25, 0.3) is 0 Å². The molecule has 19 heavy (non-hydrogen) atoms. The maximum absolute atomic E-state index is 11.9. The van der Waals surface area contributed by atoms with E-state index in [-0.39, 0.29) is 24.3 Å². The maximum Gasteiger partial charge on any atom is 0.326 e. The van der Waals surface area contributed by atoms with Gasteiger partial charge in [-0.3, -0.25) is 4.79 Å². The lowest BCUT2D eigenvalue weighted by Gasteiger charge is -2.20. The van der Waals surface area contributed by atoms with Gasteiger partial charge in [0, 0.05) is 13.1 Å². The van der Waals surface area contributed by atoms with Crippen molar-refractivity contribution in [3.63, 3.8) is 0 Å². The number of carboxylic acids is 1. The molecule has 0 radical (unpaired) electrons. The number of aliphatic carboxylic acids is 1. The van der Waals surface area contributed by atoms with Gasteiger partial charge in [-0.15, -0.1) is 0 Å². The van der Waals surface area contributed by atoms with E-state index in [4.69, 9.17) is 5.11 Å². The van der Waals surface area contributed by atoms with Crippen molar-refractivity contribution < 1.29 is 24.2 Å². The monoisotopic (exact) mass is 272 g/mol. The van der Waals surface area contributed by atoms with Crippen molar-refractivity contribution in [2.24, 2.45) is 11.8 Å². The summed E-state index contributed by atoms with van der Waals surface area (Å²) in [5.41, 5.74) is 0. The van der Waals surface area contributed by atoms with Crippen molar-refractivity contribution >= 4 is 18.0 Å². The van der Waals surface area contributed by atoms with Crippen LogP contribution >= 0.6 is 0 Å². The third-order valence-electron chi connectivity index (χ3n) is 3.41. The SMILES string of the molecule is CC[C@H](NC(=O)N1CC(C)C(C(=O)OC)C1)C(=O)O. The summed E-state index contributed by atoms with van der Waals surface area (Å²) in [6.45, 7) is 4.23. The van der Waals surface area contributed by atoms with Gasteiger partial charge in [0.1, 0.15) is 6.04 Å². The van der Waals surface area contributed by atoms with Gasteiger partial charge in [-0.25, -0.2) is 9.59 Å². The van der Waals surface area contributed by atoms with Gasteiger partial charge >= 0.3 is 18.0 Å². The second-order valence-corrected chi connectivity index (χ2v) is 4.76. The van der Waals surface area contributed by atoms with Crippen LogP contribution in [0.3, 0.4) is 0 Å². The molecule has 0 aromatic carbocycles. The van der Waals surface area contributed by atoms with Gasteiger partial charge in [-0.1, -0.05) is 13.8 Å². The van der Waals surface area contributed by atoms with E-state index in [2.05, 4.69) is 10.1 Å². The van der Waals surface area contributed by atoms with Gasteiger partial charge in [0.15, 0.2) is 0 Å². The highest BCUT2D eigenvalue weighted by atomic mass is 16.5. The number of nitrogens with zero attached hydrogens (tertiary/aromatic N) is 1. The van der Waals surface area contributed by atoms with E-state index >= 15 is 0 Å². The van der Waals surface area contributed by atoms with Crippen molar-refractivity contribution in [3.05, 3.63) is 0 Å². The molecule has 2 amide bonds. The van der Waals surface area contributed by atoms with Crippen molar-refractivity contribution in [3.8, 4) is 0 Å². The molecule has 1 aliphatic rings. The first-order chi connectivity index (χ1) is 8.90. The fourth-order valence-corrected chi connectivity index (χ4v) is 2.17. The van der Waals surface area contributed by atoms with Crippen LogP contribution < -0.4 is 5.32 Å². The van der Waals surface area contributed by atoms with E-state index in [1.807, 2.05) is 6.92 Å². The number of esters is 1. The molecule has 108 valence electrons. The number of carbonyl (C=O) groups is 3. The minimum atomic E-state index is -1.06. The second-order valence-electron chi connectivity index (χ2n) is 4.76. The van der Waals surface area contributed by atoms with Crippen molar-refractivity contribution in [1.29, 1.82) is 0 Å². The Labute approximate surface area is 111 Å². The molecule has 0 bridgehead atoms. The smallest absolute Gasteiger partial charge is 0.326 e. The van der Waals surface area contributed by atoms with Gasteiger partial charge in [0.2, 0.25) is 0 Å². The zero-order valence-corrected chi connectivity index (χ0v) is 11.4. The van der Waals surface area contributed by atoms with Crippen LogP contribution in [0.4, 0.5) is 4.79 Å². The molecule has 7 heteroatoms. The molecule has 1 aliphatic heterocycles. The van der Waals surface area contributed by atoms with Crippen LogP contribution in [0.2, 0.25) is 0 Å². The Morgan fingerprint density at radius 1 is 1.42 bits per heavy atom. The third-order valence-corrected chi connectivity index (χ3v) is 3.41. The van der Waals surface area contributed by atoms with Crippen molar-refractivity contribution in [2.45, 2.75) is 26.3 Å². The zero-order chi connectivity index (χ0) is 14.6. The van der Waals surface area contributed by atoms with E-state index < -0.39 is 18.0 Å². The van der Waals surface area contributed by atoms with E-state index in [1.54, 1.807) is 6.92 Å². The molecule has 0 aliphatic carbocycles. The first-order valence-corrected chi connectivity index (χ1v) is 6.26. The number of ether oxygens (including phenoxy) is 1. The molecule has 3 atom stereocenters. The number of methoxy groups -OCH3 is 1. The average Bonchev–Trinajstić information content (AvgIpc) is 2.76. The van der Waals surface area contributed by atoms with Crippen LogP contribution in [-0.2, 0) is 14.3 Å². The third kappa shape index (κ3) is 3.59. The highest BCUT2D eigenvalue weighted by Gasteiger charge is 2.38. The van der Waals surface area contributed by atoms with Crippen LogP contribution in [0, 0.1) is 11.8 Å². The lowest BCUT2D eigenvalue weighted by molar-refractivity contribution is -0.146. The summed E-state index contributed by atoms with van der Waals surface area (Å²) >= 11 is 0. The lowest BCUT2D eigenvalue weighted by Crippen LogP contribution is -2.47. The Bertz CT molecular complexity index is 371. The Kier molecular flexibility index (Phi) is 5.14. The number of hydrogen-bond donors (Lipinski definition) is 2. The second kappa shape index (κ2) is 6.40. The standard InChI is InChI=1S/C12H20N2O5/c1-4-9(10(15)16)13-12(18)14-5-7(2)8(6-14)11(17)19-3/h7-9H,4-6H2,1-3H3,(H,13,18)(H,15,16)/t7?,8?,9-/m0/s1. The Morgan fingerprint density at radius 3 is 2.53 bits per heavy atom. The molecule has 0 aromatic heterocycles. The minimum absolute atomic E-state index is 0.00287. The number of carbonyl (C=O) groups excluding carboxylic acids is 2.